The number of aliphatic hydroxyl groups excluding tert-OH is 3. The lowest BCUT2D eigenvalue weighted by Gasteiger charge is -2.20. The Hall–Kier alpha value is -2.41. The number of phosphoric ester groups is 1. The number of phosphoric acid groups is 1. The lowest BCUT2D eigenvalue weighted by Crippen LogP contribution is -2.29. The number of unbranched alkanes of at least 4 members (excludes halogenated alkanes) is 7. The van der Waals surface area contributed by atoms with E-state index in [4.69, 9.17) is 24.3 Å². The van der Waals surface area contributed by atoms with Gasteiger partial charge in [0.2, 0.25) is 0 Å². The minimum atomic E-state index is -4.48. The Morgan fingerprint density at radius 2 is 1.54 bits per heavy atom. The molecule has 1 fully saturated rings. The maximum absolute atomic E-state index is 12.7. The van der Waals surface area contributed by atoms with E-state index in [9.17, 15) is 34.4 Å². The van der Waals surface area contributed by atoms with Gasteiger partial charge in [-0.2, -0.15) is 0 Å². The Bertz CT molecular complexity index is 1190. The van der Waals surface area contributed by atoms with E-state index in [1.807, 2.05) is 0 Å². The summed E-state index contributed by atoms with van der Waals surface area (Å²) in [7, 11) is -4.48. The molecule has 1 saturated carbocycles. The van der Waals surface area contributed by atoms with Gasteiger partial charge in [-0.1, -0.05) is 113 Å². The summed E-state index contributed by atoms with van der Waals surface area (Å²) in [6, 6.07) is 0. The number of rotatable bonds is 32. The smallest absolute Gasteiger partial charge is 0.462 e. The van der Waals surface area contributed by atoms with E-state index in [1.54, 1.807) is 24.3 Å². The van der Waals surface area contributed by atoms with Crippen LogP contribution in [0, 0.1) is 11.8 Å². The van der Waals surface area contributed by atoms with Crippen LogP contribution in [0.5, 0.6) is 0 Å². The van der Waals surface area contributed by atoms with Crippen molar-refractivity contribution in [3.63, 3.8) is 0 Å². The molecular weight excluding hydrogens is 713 g/mol. The van der Waals surface area contributed by atoms with Crippen LogP contribution in [-0.2, 0) is 32.7 Å². The topological polar surface area (TPSA) is 195 Å². The van der Waals surface area contributed by atoms with Gasteiger partial charge in [-0.3, -0.25) is 18.6 Å². The monoisotopic (exact) mass is 783 g/mol. The molecule has 0 aliphatic heterocycles. The summed E-state index contributed by atoms with van der Waals surface area (Å²) in [5.74, 6) is -1.79. The third-order valence-electron chi connectivity index (χ3n) is 8.99. The van der Waals surface area contributed by atoms with Gasteiger partial charge in [0, 0.05) is 25.3 Å². The molecule has 0 heterocycles. The molecule has 310 valence electrons. The molecule has 54 heavy (non-hydrogen) atoms. The SMILES string of the molecule is CC/C=C\C/C=C\C/C=C\CCCCCCCC(=O)OC[C@H](COP(=O)(O)OCCN)OC(=O)C/C=C\C[C@H]1[C@@H](/C=C/[C@H](O)CCCCC)[C@H](O)C[C@@H]1O. The number of nitrogens with two attached hydrogens (primary N) is 1. The van der Waals surface area contributed by atoms with E-state index < -0.39 is 50.8 Å². The fraction of sp³-hybridized carbons (Fsp3) is 0.707. The first-order valence-corrected chi connectivity index (χ1v) is 21.5. The summed E-state index contributed by atoms with van der Waals surface area (Å²) >= 11 is 0. The van der Waals surface area contributed by atoms with Crippen LogP contribution in [0.2, 0.25) is 0 Å². The summed E-state index contributed by atoms with van der Waals surface area (Å²) in [5, 5.41) is 31.3. The Morgan fingerprint density at radius 1 is 0.833 bits per heavy atom. The number of hydrogen-bond acceptors (Lipinski definition) is 11. The first-order valence-electron chi connectivity index (χ1n) is 20.0. The summed E-state index contributed by atoms with van der Waals surface area (Å²) in [4.78, 5) is 35.0. The number of allylic oxidation sites excluding steroid dienone is 7. The van der Waals surface area contributed by atoms with Crippen molar-refractivity contribution in [1.82, 2.24) is 0 Å². The molecule has 0 saturated heterocycles. The lowest BCUT2D eigenvalue weighted by molar-refractivity contribution is -0.160. The second-order valence-corrected chi connectivity index (χ2v) is 15.2. The molecule has 0 aromatic rings. The largest absolute Gasteiger partial charge is 0.472 e. The molecule has 13 heteroatoms. The van der Waals surface area contributed by atoms with Gasteiger partial charge in [0.15, 0.2) is 6.10 Å². The van der Waals surface area contributed by atoms with E-state index >= 15 is 0 Å². The normalized spacial score (nSPS) is 21.5. The van der Waals surface area contributed by atoms with Gasteiger partial charge < -0.3 is 35.4 Å². The van der Waals surface area contributed by atoms with Crippen LogP contribution in [0.25, 0.3) is 0 Å². The van der Waals surface area contributed by atoms with Crippen LogP contribution in [0.3, 0.4) is 0 Å². The number of aliphatic hydroxyl groups is 3. The summed E-state index contributed by atoms with van der Waals surface area (Å²) < 4.78 is 32.6. The molecule has 1 unspecified atom stereocenters. The summed E-state index contributed by atoms with van der Waals surface area (Å²) in [6.45, 7) is 3.08. The van der Waals surface area contributed by atoms with E-state index in [1.165, 1.54) is 0 Å². The molecule has 6 N–H and O–H groups in total. The average molecular weight is 784 g/mol. The Kier molecular flexibility index (Phi) is 29.2. The van der Waals surface area contributed by atoms with Crippen LogP contribution < -0.4 is 5.73 Å². The van der Waals surface area contributed by atoms with Crippen molar-refractivity contribution < 1.29 is 52.9 Å². The van der Waals surface area contributed by atoms with Crippen molar-refractivity contribution in [3.8, 4) is 0 Å². The third kappa shape index (κ3) is 25.6. The molecule has 0 aromatic carbocycles. The maximum Gasteiger partial charge on any atom is 0.472 e. The predicted octanol–water partition coefficient (Wildman–Crippen LogP) is 7.31. The molecule has 12 nitrogen and oxygen atoms in total. The van der Waals surface area contributed by atoms with Crippen molar-refractivity contribution in [2.75, 3.05) is 26.4 Å². The number of hydrogen-bond donors (Lipinski definition) is 5. The maximum atomic E-state index is 12.7. The molecule has 0 amide bonds. The highest BCUT2D eigenvalue weighted by Gasteiger charge is 2.39. The lowest BCUT2D eigenvalue weighted by atomic mass is 9.89. The Labute approximate surface area is 324 Å². The predicted molar refractivity (Wildman–Crippen MR) is 212 cm³/mol. The number of esters is 2. The molecule has 0 bridgehead atoms. The second-order valence-electron chi connectivity index (χ2n) is 13.8. The number of carbonyl (C=O) groups excluding carboxylic acids is 2. The van der Waals surface area contributed by atoms with Gasteiger partial charge in [-0.25, -0.2) is 4.57 Å². The fourth-order valence-electron chi connectivity index (χ4n) is 5.97. The fourth-order valence-corrected chi connectivity index (χ4v) is 6.74. The molecule has 0 spiro atoms. The molecule has 1 rings (SSSR count). The van der Waals surface area contributed by atoms with Gasteiger partial charge >= 0.3 is 19.8 Å². The highest BCUT2D eigenvalue weighted by molar-refractivity contribution is 7.47. The third-order valence-corrected chi connectivity index (χ3v) is 9.97. The summed E-state index contributed by atoms with van der Waals surface area (Å²) in [6.07, 6.45) is 29.6. The zero-order chi connectivity index (χ0) is 39.9. The quantitative estimate of drug-likeness (QED) is 0.0198. The first-order chi connectivity index (χ1) is 26.0. The number of carbonyl (C=O) groups is 2. The Balaban J connectivity index is 2.52. The molecule has 7 atom stereocenters. The van der Waals surface area contributed by atoms with Gasteiger partial charge in [0.25, 0.3) is 0 Å². The van der Waals surface area contributed by atoms with Gasteiger partial charge in [0.05, 0.1) is 37.9 Å². The average Bonchev–Trinajstić information content (AvgIpc) is 3.41. The molecule has 0 aromatic heterocycles. The first kappa shape index (κ1) is 49.6. The van der Waals surface area contributed by atoms with Crippen LogP contribution in [-0.4, -0.2) is 82.9 Å². The zero-order valence-electron chi connectivity index (χ0n) is 32.8. The van der Waals surface area contributed by atoms with Crippen molar-refractivity contribution >= 4 is 19.8 Å². The van der Waals surface area contributed by atoms with E-state index in [0.29, 0.717) is 19.3 Å². The van der Waals surface area contributed by atoms with Gasteiger partial charge in [-0.15, -0.1) is 0 Å². The van der Waals surface area contributed by atoms with Crippen LogP contribution in [0.4, 0.5) is 0 Å². The Morgan fingerprint density at radius 3 is 2.26 bits per heavy atom. The second kappa shape index (κ2) is 31.8. The van der Waals surface area contributed by atoms with Crippen LogP contribution in [0.1, 0.15) is 123 Å². The zero-order valence-corrected chi connectivity index (χ0v) is 33.7. The van der Waals surface area contributed by atoms with E-state index in [2.05, 4.69) is 50.3 Å². The standard InChI is InChI=1S/C41H70NO11P/c1-3-5-7-8-9-10-11-12-13-14-15-16-17-18-20-25-40(46)50-32-35(33-52-54(48,49)51-30-29-42)53-41(47)26-22-21-24-36-37(39(45)31-38(36)44)28-27-34(43)23-19-6-4-2/h5,7,9-10,12-13,21-22,27-28,34-39,43-45H,3-4,6,8,11,14-20,23-26,29-33,42H2,1-2H3,(H,48,49)/b7-5-,10-9-,13-12-,22-21-,28-27+/t34-,35-,36+,37-,38+,39-/m1/s1. The van der Waals surface area contributed by atoms with Gasteiger partial charge in [0.1, 0.15) is 6.61 Å². The summed E-state index contributed by atoms with van der Waals surface area (Å²) in [5.41, 5.74) is 5.33. The van der Waals surface area contributed by atoms with Crippen LogP contribution in [0.15, 0.2) is 60.8 Å². The highest BCUT2D eigenvalue weighted by atomic mass is 31.2. The molecule has 1 aliphatic rings. The molecule has 0 radical (unpaired) electrons. The van der Waals surface area contributed by atoms with Crippen molar-refractivity contribution in [2.24, 2.45) is 17.6 Å². The van der Waals surface area contributed by atoms with Crippen molar-refractivity contribution in [2.45, 2.75) is 147 Å². The highest BCUT2D eigenvalue weighted by Crippen LogP contribution is 2.43. The molecule has 1 aliphatic carbocycles. The van der Waals surface area contributed by atoms with Crippen molar-refractivity contribution in [3.05, 3.63) is 60.8 Å². The van der Waals surface area contributed by atoms with E-state index in [0.717, 1.165) is 70.6 Å². The minimum Gasteiger partial charge on any atom is -0.462 e. The van der Waals surface area contributed by atoms with Crippen LogP contribution >= 0.6 is 7.82 Å². The van der Waals surface area contributed by atoms with Crippen molar-refractivity contribution in [1.29, 1.82) is 0 Å². The molecular formula is C41H70NO11P. The van der Waals surface area contributed by atoms with Gasteiger partial charge in [-0.05, 0) is 57.3 Å². The minimum absolute atomic E-state index is 0.00234. The number of ether oxygens (including phenoxy) is 2. The van der Waals surface area contributed by atoms with E-state index in [-0.39, 0.29) is 50.9 Å².